The number of benzene rings is 3. The van der Waals surface area contributed by atoms with Crippen LogP contribution in [0.25, 0.3) is 21.9 Å². The summed E-state index contributed by atoms with van der Waals surface area (Å²) in [6.45, 7) is 0.107. The Morgan fingerprint density at radius 2 is 1.75 bits per heavy atom. The van der Waals surface area contributed by atoms with Gasteiger partial charge in [-0.1, -0.05) is 41.4 Å². The van der Waals surface area contributed by atoms with E-state index in [9.17, 15) is 13.2 Å². The Hall–Kier alpha value is -2.74. The number of fused-ring (bicyclic) bond motifs is 3. The fourth-order valence-electron chi connectivity index (χ4n) is 3.56. The lowest BCUT2D eigenvalue weighted by atomic mass is 10.1. The molecule has 1 N–H and O–H groups in total. The van der Waals surface area contributed by atoms with E-state index in [4.69, 9.17) is 27.6 Å². The highest BCUT2D eigenvalue weighted by atomic mass is 35.5. The first-order chi connectivity index (χ1) is 15.2. The van der Waals surface area contributed by atoms with Crippen molar-refractivity contribution in [3.8, 4) is 0 Å². The molecule has 0 aliphatic heterocycles. The molecule has 0 bridgehead atoms. The molecule has 6 nitrogen and oxygen atoms in total. The van der Waals surface area contributed by atoms with Gasteiger partial charge >= 0.3 is 0 Å². The SMILES string of the molecule is CS(=O)(=O)N(CCCC(=O)Nc1ccc2c(c1)oc1ccccc12)c1ccc(Cl)cc1Cl. The number of amides is 1. The van der Waals surface area contributed by atoms with Crippen molar-refractivity contribution >= 4 is 72.4 Å². The zero-order chi connectivity index (χ0) is 22.9. The summed E-state index contributed by atoms with van der Waals surface area (Å²) < 4.78 is 31.5. The van der Waals surface area contributed by atoms with Crippen LogP contribution >= 0.6 is 23.2 Å². The van der Waals surface area contributed by atoms with Gasteiger partial charge in [0, 0.05) is 40.5 Å². The topological polar surface area (TPSA) is 79.6 Å². The summed E-state index contributed by atoms with van der Waals surface area (Å²) in [4.78, 5) is 12.4. The number of para-hydroxylation sites is 1. The van der Waals surface area contributed by atoms with E-state index in [2.05, 4.69) is 5.32 Å². The summed E-state index contributed by atoms with van der Waals surface area (Å²) in [6.07, 6.45) is 1.54. The van der Waals surface area contributed by atoms with E-state index in [-0.39, 0.29) is 23.9 Å². The Kier molecular flexibility index (Phi) is 6.33. The van der Waals surface area contributed by atoms with Crippen LogP contribution in [0.2, 0.25) is 10.0 Å². The second kappa shape index (κ2) is 9.02. The predicted octanol–water partition coefficient (Wildman–Crippen LogP) is 6.08. The number of furan rings is 1. The molecule has 1 heterocycles. The maximum absolute atomic E-state index is 12.4. The number of rotatable bonds is 7. The lowest BCUT2D eigenvalue weighted by Crippen LogP contribution is -2.31. The van der Waals surface area contributed by atoms with Crippen molar-refractivity contribution in [2.75, 3.05) is 22.4 Å². The maximum atomic E-state index is 12.4. The molecule has 1 amide bonds. The number of hydrogen-bond donors (Lipinski definition) is 1. The first kappa shape index (κ1) is 22.5. The number of sulfonamides is 1. The van der Waals surface area contributed by atoms with Crippen molar-refractivity contribution in [2.45, 2.75) is 12.8 Å². The lowest BCUT2D eigenvalue weighted by molar-refractivity contribution is -0.116. The van der Waals surface area contributed by atoms with E-state index >= 15 is 0 Å². The minimum absolute atomic E-state index is 0.107. The minimum Gasteiger partial charge on any atom is -0.456 e. The van der Waals surface area contributed by atoms with Crippen LogP contribution < -0.4 is 9.62 Å². The Bertz CT molecular complexity index is 1420. The molecule has 4 rings (SSSR count). The minimum atomic E-state index is -3.59. The normalized spacial score (nSPS) is 11.7. The number of halogens is 2. The Balaban J connectivity index is 1.42. The maximum Gasteiger partial charge on any atom is 0.232 e. The van der Waals surface area contributed by atoms with Crippen LogP contribution in [0.3, 0.4) is 0 Å². The molecule has 0 spiro atoms. The van der Waals surface area contributed by atoms with E-state index < -0.39 is 10.0 Å². The predicted molar refractivity (Wildman–Crippen MR) is 130 cm³/mol. The van der Waals surface area contributed by atoms with Crippen LogP contribution in [0.5, 0.6) is 0 Å². The summed E-state index contributed by atoms with van der Waals surface area (Å²) in [5.74, 6) is -0.226. The Morgan fingerprint density at radius 1 is 1.00 bits per heavy atom. The first-order valence-corrected chi connectivity index (χ1v) is 12.5. The third-order valence-electron chi connectivity index (χ3n) is 5.01. The number of anilines is 2. The average molecular weight is 491 g/mol. The van der Waals surface area contributed by atoms with Gasteiger partial charge in [0.25, 0.3) is 0 Å². The van der Waals surface area contributed by atoms with Crippen LogP contribution in [-0.4, -0.2) is 27.1 Å². The second-order valence-corrected chi connectivity index (χ2v) is 10.1. The molecule has 0 fully saturated rings. The van der Waals surface area contributed by atoms with Crippen molar-refractivity contribution < 1.29 is 17.6 Å². The molecule has 0 atom stereocenters. The summed E-state index contributed by atoms with van der Waals surface area (Å²) in [5.41, 5.74) is 2.41. The van der Waals surface area contributed by atoms with E-state index in [1.807, 2.05) is 36.4 Å². The summed E-state index contributed by atoms with van der Waals surface area (Å²) in [6, 6.07) is 17.9. The zero-order valence-corrected chi connectivity index (χ0v) is 19.5. The molecule has 4 aromatic rings. The quantitative estimate of drug-likeness (QED) is 0.340. The average Bonchev–Trinajstić information content (AvgIpc) is 3.09. The van der Waals surface area contributed by atoms with E-state index in [1.54, 1.807) is 18.2 Å². The van der Waals surface area contributed by atoms with Crippen molar-refractivity contribution in [3.05, 3.63) is 70.7 Å². The molecule has 3 aromatic carbocycles. The first-order valence-electron chi connectivity index (χ1n) is 9.86. The fraction of sp³-hybridized carbons (Fsp3) is 0.174. The number of carbonyl (C=O) groups excluding carboxylic acids is 1. The van der Waals surface area contributed by atoms with Crippen LogP contribution in [0, 0.1) is 0 Å². The molecule has 166 valence electrons. The molecule has 0 unspecified atom stereocenters. The fourth-order valence-corrected chi connectivity index (χ4v) is 5.10. The molecule has 1 aromatic heterocycles. The highest BCUT2D eigenvalue weighted by Gasteiger charge is 2.20. The van der Waals surface area contributed by atoms with Gasteiger partial charge in [-0.15, -0.1) is 0 Å². The summed E-state index contributed by atoms with van der Waals surface area (Å²) >= 11 is 12.1. The number of hydrogen-bond acceptors (Lipinski definition) is 4. The zero-order valence-electron chi connectivity index (χ0n) is 17.1. The molecule has 32 heavy (non-hydrogen) atoms. The van der Waals surface area contributed by atoms with Crippen LogP contribution in [0.4, 0.5) is 11.4 Å². The monoisotopic (exact) mass is 490 g/mol. The van der Waals surface area contributed by atoms with Gasteiger partial charge in [-0.25, -0.2) is 8.42 Å². The van der Waals surface area contributed by atoms with E-state index in [1.165, 1.54) is 10.4 Å². The van der Waals surface area contributed by atoms with Gasteiger partial charge in [0.15, 0.2) is 0 Å². The van der Waals surface area contributed by atoms with Crippen molar-refractivity contribution in [2.24, 2.45) is 0 Å². The third-order valence-corrected chi connectivity index (χ3v) is 6.72. The molecule has 0 radical (unpaired) electrons. The highest BCUT2D eigenvalue weighted by Crippen LogP contribution is 2.31. The lowest BCUT2D eigenvalue weighted by Gasteiger charge is -2.23. The molecular formula is C23H20Cl2N2O4S. The van der Waals surface area contributed by atoms with Gasteiger partial charge in [0.05, 0.1) is 17.0 Å². The van der Waals surface area contributed by atoms with Gasteiger partial charge < -0.3 is 9.73 Å². The van der Waals surface area contributed by atoms with Gasteiger partial charge in [0.1, 0.15) is 11.2 Å². The third kappa shape index (κ3) is 4.85. The largest absolute Gasteiger partial charge is 0.456 e. The van der Waals surface area contributed by atoms with Crippen molar-refractivity contribution in [3.63, 3.8) is 0 Å². The Morgan fingerprint density at radius 3 is 2.50 bits per heavy atom. The molecule has 0 saturated heterocycles. The smallest absolute Gasteiger partial charge is 0.232 e. The van der Waals surface area contributed by atoms with Gasteiger partial charge in [-0.05, 0) is 42.8 Å². The Labute approximate surface area is 195 Å². The van der Waals surface area contributed by atoms with Crippen molar-refractivity contribution in [1.82, 2.24) is 0 Å². The van der Waals surface area contributed by atoms with Crippen LogP contribution in [0.15, 0.2) is 65.1 Å². The van der Waals surface area contributed by atoms with Crippen molar-refractivity contribution in [1.29, 1.82) is 0 Å². The molecule has 0 saturated carbocycles. The highest BCUT2D eigenvalue weighted by molar-refractivity contribution is 7.92. The molecule has 0 aliphatic carbocycles. The molecule has 9 heteroatoms. The standard InChI is InChI=1S/C23H20Cl2N2O4S/c1-32(29,30)27(20-11-8-15(24)13-19(20)25)12-4-7-23(28)26-16-9-10-18-17-5-2-3-6-21(17)31-22(18)14-16/h2-3,5-6,8-11,13-14H,4,7,12H2,1H3,(H,26,28). The van der Waals surface area contributed by atoms with Gasteiger partial charge in [-0.2, -0.15) is 0 Å². The number of nitrogens with zero attached hydrogens (tertiary/aromatic N) is 1. The molecular weight excluding hydrogens is 471 g/mol. The summed E-state index contributed by atoms with van der Waals surface area (Å²) in [5, 5.41) is 5.47. The van der Waals surface area contributed by atoms with Gasteiger partial charge in [-0.3, -0.25) is 9.10 Å². The number of carbonyl (C=O) groups is 1. The number of nitrogens with one attached hydrogen (secondary N) is 1. The van der Waals surface area contributed by atoms with E-state index in [0.29, 0.717) is 28.4 Å². The van der Waals surface area contributed by atoms with E-state index in [0.717, 1.165) is 22.6 Å². The van der Waals surface area contributed by atoms with Crippen LogP contribution in [-0.2, 0) is 14.8 Å². The summed E-state index contributed by atoms with van der Waals surface area (Å²) in [7, 11) is -3.59. The van der Waals surface area contributed by atoms with Gasteiger partial charge in [0.2, 0.25) is 15.9 Å². The molecule has 0 aliphatic rings. The second-order valence-electron chi connectivity index (χ2n) is 7.39. The van der Waals surface area contributed by atoms with Crippen LogP contribution in [0.1, 0.15) is 12.8 Å².